The third-order valence-electron chi connectivity index (χ3n) is 10.1. The van der Waals surface area contributed by atoms with Crippen molar-refractivity contribution < 1.29 is 23.9 Å². The fraction of sp³-hybridized carbons (Fsp3) is 0.116. The van der Waals surface area contributed by atoms with Crippen LogP contribution in [0.3, 0.4) is 0 Å². The normalized spacial score (nSPS) is 18.2. The fourth-order valence-corrected chi connectivity index (χ4v) is 8.01. The van der Waals surface area contributed by atoms with Gasteiger partial charge in [0.25, 0.3) is 0 Å². The summed E-state index contributed by atoms with van der Waals surface area (Å²) in [5, 5.41) is 11.5. The van der Waals surface area contributed by atoms with Gasteiger partial charge in [0, 0.05) is 33.0 Å². The van der Waals surface area contributed by atoms with E-state index >= 15 is 9.59 Å². The first-order valence-corrected chi connectivity index (χ1v) is 17.8. The SMILES string of the molecule is COc1ccc(C2/C(=C/c3ccc(Cl)cc3)c3nn(-c4ccccc4)c(-c4ccc(Cl)cc4)c3C(c3ccc(OC)cc3)C23C(=O)NC(=O)NC3=O)cc1. The number of carbonyl (C=O) groups excluding carboxylic acids is 3. The van der Waals surface area contributed by atoms with Crippen LogP contribution >= 0.6 is 23.2 Å². The summed E-state index contributed by atoms with van der Waals surface area (Å²) in [6, 6.07) is 37.9. The van der Waals surface area contributed by atoms with Crippen LogP contribution in [0.4, 0.5) is 4.79 Å². The van der Waals surface area contributed by atoms with Crippen LogP contribution in [-0.4, -0.2) is 41.8 Å². The predicted molar refractivity (Wildman–Crippen MR) is 208 cm³/mol. The Labute approximate surface area is 321 Å². The minimum Gasteiger partial charge on any atom is -0.497 e. The zero-order valence-electron chi connectivity index (χ0n) is 29.0. The molecule has 8 rings (SSSR count). The van der Waals surface area contributed by atoms with Gasteiger partial charge in [0.05, 0.1) is 31.3 Å². The number of nitrogens with zero attached hydrogens (tertiary/aromatic N) is 2. The molecule has 0 radical (unpaired) electrons. The molecule has 1 aromatic heterocycles. The number of nitrogens with one attached hydrogen (secondary N) is 2. The molecule has 4 amide bonds. The summed E-state index contributed by atoms with van der Waals surface area (Å²) in [4.78, 5) is 43.2. The van der Waals surface area contributed by atoms with E-state index in [1.807, 2.05) is 89.6 Å². The lowest BCUT2D eigenvalue weighted by Gasteiger charge is -2.49. The zero-order valence-corrected chi connectivity index (χ0v) is 30.6. The standard InChI is InChI=1S/C43H32Cl2N4O5/c1-53-32-20-12-26(13-21-32)36-34(24-25-8-16-29(44)17-9-25)38-35(39(28-10-18-30(45)19-11-28)49(48-38)31-6-4-3-5-7-31)37(27-14-22-33(54-2)23-15-27)43(36)40(50)46-42(52)47-41(43)51/h3-24,36-37H,1-2H3,(H2,46,47,50,51,52)/b34-24-. The molecule has 0 saturated carbocycles. The summed E-state index contributed by atoms with van der Waals surface area (Å²) in [7, 11) is 3.13. The number of halogens is 2. The molecule has 1 fully saturated rings. The number of benzene rings is 5. The highest BCUT2D eigenvalue weighted by atomic mass is 35.5. The lowest BCUT2D eigenvalue weighted by molar-refractivity contribution is -0.146. The smallest absolute Gasteiger partial charge is 0.328 e. The monoisotopic (exact) mass is 754 g/mol. The van der Waals surface area contributed by atoms with Crippen molar-refractivity contribution in [3.63, 3.8) is 0 Å². The van der Waals surface area contributed by atoms with Gasteiger partial charge in [0.15, 0.2) is 5.41 Å². The molecule has 5 aromatic carbocycles. The largest absolute Gasteiger partial charge is 0.497 e. The average Bonchev–Trinajstić information content (AvgIpc) is 3.59. The average molecular weight is 756 g/mol. The van der Waals surface area contributed by atoms with Crippen molar-refractivity contribution >= 4 is 52.7 Å². The second kappa shape index (κ2) is 14.0. The minimum atomic E-state index is -1.98. The van der Waals surface area contributed by atoms with E-state index in [2.05, 4.69) is 10.6 Å². The Hall–Kier alpha value is -6.16. The molecule has 2 atom stereocenters. The molecule has 268 valence electrons. The van der Waals surface area contributed by atoms with Crippen molar-refractivity contribution in [2.45, 2.75) is 11.8 Å². The summed E-state index contributed by atoms with van der Waals surface area (Å²) in [5.41, 5.74) is 3.91. The van der Waals surface area contributed by atoms with E-state index in [0.717, 1.165) is 16.8 Å². The van der Waals surface area contributed by atoms with Crippen LogP contribution in [0.25, 0.3) is 28.6 Å². The van der Waals surface area contributed by atoms with Crippen molar-refractivity contribution in [1.82, 2.24) is 20.4 Å². The second-order valence-electron chi connectivity index (χ2n) is 13.0. The maximum Gasteiger partial charge on any atom is 0.328 e. The first-order chi connectivity index (χ1) is 26.2. The highest BCUT2D eigenvalue weighted by Gasteiger charge is 2.66. The molecule has 2 N–H and O–H groups in total. The number of aromatic nitrogens is 2. The highest BCUT2D eigenvalue weighted by Crippen LogP contribution is 2.63. The predicted octanol–water partition coefficient (Wildman–Crippen LogP) is 8.69. The van der Waals surface area contributed by atoms with E-state index in [1.54, 1.807) is 62.8 Å². The maximum atomic E-state index is 15.1. The Kier molecular flexibility index (Phi) is 9.05. The van der Waals surface area contributed by atoms with E-state index in [0.29, 0.717) is 55.2 Å². The van der Waals surface area contributed by atoms with Crippen molar-refractivity contribution in [3.8, 4) is 28.4 Å². The van der Waals surface area contributed by atoms with E-state index < -0.39 is 35.1 Å². The first-order valence-electron chi connectivity index (χ1n) is 17.1. The quantitative estimate of drug-likeness (QED) is 0.158. The number of hydrogen-bond acceptors (Lipinski definition) is 6. The van der Waals surface area contributed by atoms with Gasteiger partial charge in [-0.3, -0.25) is 20.2 Å². The number of fused-ring (bicyclic) bond motifs is 1. The molecule has 1 spiro atoms. The van der Waals surface area contributed by atoms with Crippen LogP contribution in [-0.2, 0) is 9.59 Å². The van der Waals surface area contributed by atoms with E-state index in [1.165, 1.54) is 0 Å². The third-order valence-corrected chi connectivity index (χ3v) is 10.6. The summed E-state index contributed by atoms with van der Waals surface area (Å²) in [6.45, 7) is 0. The van der Waals surface area contributed by atoms with Crippen LogP contribution in [0.1, 0.15) is 39.8 Å². The number of ether oxygens (including phenoxy) is 2. The number of carbonyl (C=O) groups is 3. The Morgan fingerprint density at radius 2 is 1.19 bits per heavy atom. The van der Waals surface area contributed by atoms with Crippen molar-refractivity contribution in [1.29, 1.82) is 0 Å². The third kappa shape index (κ3) is 5.82. The van der Waals surface area contributed by atoms with Gasteiger partial charge in [0.2, 0.25) is 11.8 Å². The molecule has 1 aliphatic carbocycles. The molecule has 9 nitrogen and oxygen atoms in total. The molecule has 0 bridgehead atoms. The number of urea groups is 1. The Morgan fingerprint density at radius 1 is 0.667 bits per heavy atom. The number of para-hydroxylation sites is 1. The lowest BCUT2D eigenvalue weighted by atomic mass is 9.52. The fourth-order valence-electron chi connectivity index (χ4n) is 7.76. The summed E-state index contributed by atoms with van der Waals surface area (Å²) >= 11 is 12.8. The Bertz CT molecular complexity index is 2410. The van der Waals surface area contributed by atoms with E-state index in [4.69, 9.17) is 37.8 Å². The molecular weight excluding hydrogens is 723 g/mol. The van der Waals surface area contributed by atoms with Crippen LogP contribution in [0, 0.1) is 5.41 Å². The molecule has 54 heavy (non-hydrogen) atoms. The summed E-state index contributed by atoms with van der Waals surface area (Å²) in [5.74, 6) is -2.30. The van der Waals surface area contributed by atoms with Gasteiger partial charge in [-0.1, -0.05) is 89.9 Å². The van der Waals surface area contributed by atoms with Gasteiger partial charge in [-0.25, -0.2) is 9.48 Å². The zero-order chi connectivity index (χ0) is 37.6. The first kappa shape index (κ1) is 34.9. The number of allylic oxidation sites excluding steroid dienone is 1. The number of hydrogen-bond donors (Lipinski definition) is 2. The number of imide groups is 2. The summed E-state index contributed by atoms with van der Waals surface area (Å²) < 4.78 is 12.9. The molecule has 2 unspecified atom stereocenters. The van der Waals surface area contributed by atoms with Crippen molar-refractivity contribution in [3.05, 3.63) is 165 Å². The van der Waals surface area contributed by atoms with Crippen LogP contribution in [0.15, 0.2) is 127 Å². The van der Waals surface area contributed by atoms with Gasteiger partial charge < -0.3 is 9.47 Å². The van der Waals surface area contributed by atoms with Gasteiger partial charge in [-0.05, 0) is 89.0 Å². The topological polar surface area (TPSA) is 112 Å². The second-order valence-corrected chi connectivity index (χ2v) is 13.9. The lowest BCUT2D eigenvalue weighted by Crippen LogP contribution is -2.67. The van der Waals surface area contributed by atoms with Gasteiger partial charge in [-0.2, -0.15) is 5.10 Å². The molecule has 1 saturated heterocycles. The van der Waals surface area contributed by atoms with E-state index in [-0.39, 0.29) is 0 Å². The van der Waals surface area contributed by atoms with Crippen LogP contribution in [0.2, 0.25) is 10.0 Å². The molecule has 1 aliphatic heterocycles. The molecular formula is C43H32Cl2N4O5. The highest BCUT2D eigenvalue weighted by molar-refractivity contribution is 6.31. The molecule has 2 aliphatic rings. The molecule has 11 heteroatoms. The molecule has 2 heterocycles. The Morgan fingerprint density at radius 3 is 1.72 bits per heavy atom. The number of methoxy groups -OCH3 is 2. The summed E-state index contributed by atoms with van der Waals surface area (Å²) in [6.07, 6.45) is 1.93. The number of amides is 4. The molecule has 6 aromatic rings. The van der Waals surface area contributed by atoms with Crippen LogP contribution < -0.4 is 20.1 Å². The van der Waals surface area contributed by atoms with Crippen molar-refractivity contribution in [2.75, 3.05) is 14.2 Å². The number of barbiturate groups is 1. The minimum absolute atomic E-state index is 0.536. The maximum absolute atomic E-state index is 15.1. The number of rotatable bonds is 7. The van der Waals surface area contributed by atoms with Gasteiger partial charge in [0.1, 0.15) is 11.5 Å². The van der Waals surface area contributed by atoms with Crippen LogP contribution in [0.5, 0.6) is 11.5 Å². The van der Waals surface area contributed by atoms with E-state index in [9.17, 15) is 4.79 Å². The Balaban J connectivity index is 1.58. The van der Waals surface area contributed by atoms with Gasteiger partial charge in [-0.15, -0.1) is 0 Å². The van der Waals surface area contributed by atoms with Gasteiger partial charge >= 0.3 is 6.03 Å². The van der Waals surface area contributed by atoms with Crippen molar-refractivity contribution in [2.24, 2.45) is 5.41 Å².